The highest BCUT2D eigenvalue weighted by Gasteiger charge is 2.26. The van der Waals surface area contributed by atoms with Crippen LogP contribution in [0.2, 0.25) is 0 Å². The third kappa shape index (κ3) is 3.99. The summed E-state index contributed by atoms with van der Waals surface area (Å²) in [6, 6.07) is 7.06. The molecule has 0 bridgehead atoms. The van der Waals surface area contributed by atoms with E-state index in [0.29, 0.717) is 22.1 Å². The number of likely N-dealkylation sites (tertiary alicyclic amines) is 1. The molecule has 0 aliphatic carbocycles. The first kappa shape index (κ1) is 17.4. The number of benzene rings is 1. The van der Waals surface area contributed by atoms with Crippen LogP contribution in [0.4, 0.5) is 5.13 Å². The molecule has 0 saturated carbocycles. The number of anilines is 1. The fourth-order valence-electron chi connectivity index (χ4n) is 2.89. The zero-order valence-corrected chi connectivity index (χ0v) is 15.1. The van der Waals surface area contributed by atoms with Crippen molar-refractivity contribution >= 4 is 28.3 Å². The number of aromatic nitrogens is 1. The van der Waals surface area contributed by atoms with Crippen LogP contribution in [0.1, 0.15) is 47.0 Å². The summed E-state index contributed by atoms with van der Waals surface area (Å²) in [5.74, 6) is 0.366. The second kappa shape index (κ2) is 7.65. The molecule has 3 rings (SSSR count). The van der Waals surface area contributed by atoms with Gasteiger partial charge in [0.15, 0.2) is 5.13 Å². The molecule has 2 amide bonds. The zero-order chi connectivity index (χ0) is 17.8. The number of ether oxygens (including phenoxy) is 1. The lowest BCUT2D eigenvalue weighted by Crippen LogP contribution is -2.42. The van der Waals surface area contributed by atoms with E-state index in [1.165, 1.54) is 11.3 Å². The first-order valence-electron chi connectivity index (χ1n) is 8.30. The van der Waals surface area contributed by atoms with Crippen LogP contribution in [0, 0.1) is 0 Å². The van der Waals surface area contributed by atoms with Crippen LogP contribution in [0.15, 0.2) is 29.6 Å². The molecular formula is C18H21N3O3S. The maximum atomic E-state index is 12.6. The van der Waals surface area contributed by atoms with Crippen LogP contribution in [0.3, 0.4) is 0 Å². The molecule has 7 heteroatoms. The van der Waals surface area contributed by atoms with Crippen molar-refractivity contribution in [2.24, 2.45) is 0 Å². The normalized spacial score (nSPS) is 17.2. The molecular weight excluding hydrogens is 338 g/mol. The number of nitrogens with zero attached hydrogens (tertiary/aromatic N) is 2. The number of hydrogen-bond donors (Lipinski definition) is 1. The minimum absolute atomic E-state index is 0.0617. The Morgan fingerprint density at radius 3 is 2.72 bits per heavy atom. The molecule has 0 spiro atoms. The number of thiazole rings is 1. The van der Waals surface area contributed by atoms with Crippen molar-refractivity contribution in [1.82, 2.24) is 9.88 Å². The van der Waals surface area contributed by atoms with Crippen molar-refractivity contribution in [3.8, 4) is 5.75 Å². The Morgan fingerprint density at radius 1 is 1.28 bits per heavy atom. The van der Waals surface area contributed by atoms with Crippen molar-refractivity contribution in [3.63, 3.8) is 0 Å². The van der Waals surface area contributed by atoms with E-state index in [9.17, 15) is 9.59 Å². The topological polar surface area (TPSA) is 71.5 Å². The summed E-state index contributed by atoms with van der Waals surface area (Å²) in [5.41, 5.74) is 0.900. The van der Waals surface area contributed by atoms with Gasteiger partial charge in [-0.3, -0.25) is 14.9 Å². The Kier molecular flexibility index (Phi) is 5.33. The van der Waals surface area contributed by atoms with Gasteiger partial charge in [-0.05, 0) is 50.5 Å². The van der Waals surface area contributed by atoms with Gasteiger partial charge in [0.05, 0.1) is 7.11 Å². The third-order valence-electron chi connectivity index (χ3n) is 4.36. The molecule has 1 fully saturated rings. The molecule has 1 aromatic carbocycles. The number of carbonyl (C=O) groups is 2. The molecule has 0 radical (unpaired) electrons. The standard InChI is InChI=1S/C18H21N3O3S/c1-12-5-3-4-10-21(12)17(23)15-11-25-18(19-15)20-16(22)13-6-8-14(24-2)9-7-13/h6-9,11-12H,3-5,10H2,1-2H3,(H,19,20,22). The summed E-state index contributed by atoms with van der Waals surface area (Å²) >= 11 is 1.26. The van der Waals surface area contributed by atoms with Gasteiger partial charge in [-0.25, -0.2) is 4.98 Å². The number of carbonyl (C=O) groups excluding carboxylic acids is 2. The van der Waals surface area contributed by atoms with Gasteiger partial charge in [0, 0.05) is 23.5 Å². The molecule has 1 N–H and O–H groups in total. The Morgan fingerprint density at radius 2 is 2.04 bits per heavy atom. The van der Waals surface area contributed by atoms with Gasteiger partial charge in [-0.1, -0.05) is 0 Å². The van der Waals surface area contributed by atoms with Gasteiger partial charge in [0.1, 0.15) is 11.4 Å². The Balaban J connectivity index is 1.66. The second-order valence-electron chi connectivity index (χ2n) is 6.06. The summed E-state index contributed by atoms with van der Waals surface area (Å²) in [4.78, 5) is 31.0. The number of amides is 2. The minimum atomic E-state index is -0.262. The molecule has 132 valence electrons. The fourth-order valence-corrected chi connectivity index (χ4v) is 3.57. The van der Waals surface area contributed by atoms with E-state index in [2.05, 4.69) is 17.2 Å². The van der Waals surface area contributed by atoms with E-state index in [0.717, 1.165) is 25.8 Å². The van der Waals surface area contributed by atoms with Crippen LogP contribution in [-0.2, 0) is 0 Å². The van der Waals surface area contributed by atoms with Gasteiger partial charge < -0.3 is 9.64 Å². The van der Waals surface area contributed by atoms with Crippen molar-refractivity contribution in [2.45, 2.75) is 32.2 Å². The van der Waals surface area contributed by atoms with Gasteiger partial charge in [-0.2, -0.15) is 0 Å². The van der Waals surface area contributed by atoms with Crippen molar-refractivity contribution in [1.29, 1.82) is 0 Å². The number of rotatable bonds is 4. The SMILES string of the molecule is COc1ccc(C(=O)Nc2nc(C(=O)N3CCCCC3C)cs2)cc1. The van der Waals surface area contributed by atoms with Crippen molar-refractivity contribution in [3.05, 3.63) is 40.9 Å². The summed E-state index contributed by atoms with van der Waals surface area (Å²) in [5, 5.41) is 4.87. The summed E-state index contributed by atoms with van der Waals surface area (Å²) < 4.78 is 5.08. The molecule has 1 atom stereocenters. The van der Waals surface area contributed by atoms with Crippen LogP contribution in [0.5, 0.6) is 5.75 Å². The van der Waals surface area contributed by atoms with E-state index in [1.54, 1.807) is 36.8 Å². The Labute approximate surface area is 150 Å². The molecule has 2 aromatic rings. The summed E-state index contributed by atoms with van der Waals surface area (Å²) in [6.45, 7) is 2.83. The highest BCUT2D eigenvalue weighted by molar-refractivity contribution is 7.14. The molecule has 6 nitrogen and oxygen atoms in total. The van der Waals surface area contributed by atoms with Crippen LogP contribution in [0.25, 0.3) is 0 Å². The molecule has 2 heterocycles. The van der Waals surface area contributed by atoms with E-state index in [1.807, 2.05) is 4.90 Å². The van der Waals surface area contributed by atoms with E-state index < -0.39 is 0 Å². The lowest BCUT2D eigenvalue weighted by molar-refractivity contribution is 0.0630. The Bertz CT molecular complexity index is 757. The smallest absolute Gasteiger partial charge is 0.273 e. The number of hydrogen-bond acceptors (Lipinski definition) is 5. The van der Waals surface area contributed by atoms with Crippen molar-refractivity contribution in [2.75, 3.05) is 19.0 Å². The Hall–Kier alpha value is -2.41. The molecule has 25 heavy (non-hydrogen) atoms. The predicted octanol–water partition coefficient (Wildman–Crippen LogP) is 3.42. The maximum absolute atomic E-state index is 12.6. The van der Waals surface area contributed by atoms with Crippen LogP contribution >= 0.6 is 11.3 Å². The second-order valence-corrected chi connectivity index (χ2v) is 6.92. The van der Waals surface area contributed by atoms with E-state index in [4.69, 9.17) is 4.74 Å². The fraction of sp³-hybridized carbons (Fsp3) is 0.389. The first-order chi connectivity index (χ1) is 12.1. The van der Waals surface area contributed by atoms with Gasteiger partial charge >= 0.3 is 0 Å². The van der Waals surface area contributed by atoms with Gasteiger partial charge in [-0.15, -0.1) is 11.3 Å². The third-order valence-corrected chi connectivity index (χ3v) is 5.12. The number of nitrogens with one attached hydrogen (secondary N) is 1. The van der Waals surface area contributed by atoms with E-state index in [-0.39, 0.29) is 17.9 Å². The maximum Gasteiger partial charge on any atom is 0.273 e. The quantitative estimate of drug-likeness (QED) is 0.908. The average Bonchev–Trinajstić information content (AvgIpc) is 3.10. The molecule has 1 aliphatic rings. The molecule has 1 aromatic heterocycles. The number of piperidine rings is 1. The largest absolute Gasteiger partial charge is 0.497 e. The lowest BCUT2D eigenvalue weighted by Gasteiger charge is -2.32. The monoisotopic (exact) mass is 359 g/mol. The molecule has 1 saturated heterocycles. The van der Waals surface area contributed by atoms with Gasteiger partial charge in [0.2, 0.25) is 0 Å². The first-order valence-corrected chi connectivity index (χ1v) is 9.18. The lowest BCUT2D eigenvalue weighted by atomic mass is 10.0. The van der Waals surface area contributed by atoms with Crippen molar-refractivity contribution < 1.29 is 14.3 Å². The predicted molar refractivity (Wildman–Crippen MR) is 97.4 cm³/mol. The zero-order valence-electron chi connectivity index (χ0n) is 14.3. The highest BCUT2D eigenvalue weighted by Crippen LogP contribution is 2.22. The van der Waals surface area contributed by atoms with Crippen LogP contribution in [-0.4, -0.2) is 41.4 Å². The highest BCUT2D eigenvalue weighted by atomic mass is 32.1. The van der Waals surface area contributed by atoms with E-state index >= 15 is 0 Å². The van der Waals surface area contributed by atoms with Crippen LogP contribution < -0.4 is 10.1 Å². The summed E-state index contributed by atoms with van der Waals surface area (Å²) in [7, 11) is 1.58. The minimum Gasteiger partial charge on any atom is -0.497 e. The average molecular weight is 359 g/mol. The van der Waals surface area contributed by atoms with Gasteiger partial charge in [0.25, 0.3) is 11.8 Å². The molecule has 1 unspecified atom stereocenters. The summed E-state index contributed by atoms with van der Waals surface area (Å²) in [6.07, 6.45) is 3.21. The molecule has 1 aliphatic heterocycles. The number of methoxy groups -OCH3 is 1.